The molecule has 0 radical (unpaired) electrons. The molecule has 2 atom stereocenters. The van der Waals surface area contributed by atoms with Crippen molar-refractivity contribution >= 4 is 0 Å². The van der Waals surface area contributed by atoms with Gasteiger partial charge in [-0.15, -0.1) is 0 Å². The van der Waals surface area contributed by atoms with Crippen LogP contribution in [-0.4, -0.2) is 11.7 Å². The van der Waals surface area contributed by atoms with Crippen LogP contribution in [0.1, 0.15) is 37.7 Å². The Morgan fingerprint density at radius 1 is 1.30 bits per heavy atom. The maximum Gasteiger partial charge on any atom is 0.191 e. The molecular weight excluding hydrogens is 340 g/mol. The van der Waals surface area contributed by atoms with Gasteiger partial charge in [0.2, 0.25) is 0 Å². The fourth-order valence-corrected chi connectivity index (χ4v) is 4.24. The topological polar surface area (TPSA) is 127 Å². The largest absolute Gasteiger partial charge is 0.504 e. The molecular formula is C21H20N4O2. The fourth-order valence-electron chi connectivity index (χ4n) is 4.24. The molecule has 3 rings (SSSR count). The van der Waals surface area contributed by atoms with Gasteiger partial charge in [-0.3, -0.25) is 0 Å². The zero-order valence-corrected chi connectivity index (χ0v) is 15.1. The van der Waals surface area contributed by atoms with E-state index in [0.717, 1.165) is 24.8 Å². The van der Waals surface area contributed by atoms with Crippen LogP contribution in [0.25, 0.3) is 0 Å². The van der Waals surface area contributed by atoms with Gasteiger partial charge in [0, 0.05) is 5.92 Å². The van der Waals surface area contributed by atoms with E-state index < -0.39 is 11.3 Å². The lowest BCUT2D eigenvalue weighted by Crippen LogP contribution is -2.42. The summed E-state index contributed by atoms with van der Waals surface area (Å²) in [5, 5.41) is 39.6. The highest BCUT2D eigenvalue weighted by Crippen LogP contribution is 2.56. The van der Waals surface area contributed by atoms with E-state index in [1.807, 2.05) is 13.0 Å². The number of phenolic OH excluding ortho intramolecular Hbond substituents is 1. The minimum Gasteiger partial charge on any atom is -0.504 e. The predicted molar refractivity (Wildman–Crippen MR) is 97.9 cm³/mol. The molecule has 2 unspecified atom stereocenters. The number of hydrogen-bond donors (Lipinski definition) is 2. The zero-order chi connectivity index (χ0) is 19.6. The number of ether oxygens (including phenoxy) is 1. The average molecular weight is 360 g/mol. The first kappa shape index (κ1) is 18.4. The van der Waals surface area contributed by atoms with Crippen molar-refractivity contribution in [1.29, 1.82) is 15.8 Å². The molecule has 2 aliphatic carbocycles. The Bertz CT molecular complexity index is 942. The van der Waals surface area contributed by atoms with Gasteiger partial charge >= 0.3 is 0 Å². The summed E-state index contributed by atoms with van der Waals surface area (Å²) in [6.07, 6.45) is 4.50. The van der Waals surface area contributed by atoms with E-state index in [1.54, 1.807) is 12.1 Å². The Hall–Kier alpha value is -3.43. The summed E-state index contributed by atoms with van der Waals surface area (Å²) in [6.45, 7) is 2.18. The van der Waals surface area contributed by atoms with Gasteiger partial charge in [-0.1, -0.05) is 12.1 Å². The highest BCUT2D eigenvalue weighted by atomic mass is 16.5. The van der Waals surface area contributed by atoms with Crippen molar-refractivity contribution in [3.8, 4) is 29.7 Å². The monoisotopic (exact) mass is 360 g/mol. The van der Waals surface area contributed by atoms with Crippen molar-refractivity contribution in [2.75, 3.05) is 6.61 Å². The van der Waals surface area contributed by atoms with Gasteiger partial charge < -0.3 is 15.6 Å². The van der Waals surface area contributed by atoms with Crippen LogP contribution in [-0.2, 0) is 0 Å². The third-order valence-corrected chi connectivity index (χ3v) is 5.44. The maximum absolute atomic E-state index is 10.0. The van der Waals surface area contributed by atoms with Gasteiger partial charge in [0.15, 0.2) is 16.9 Å². The third-order valence-electron chi connectivity index (χ3n) is 5.44. The Balaban J connectivity index is 2.29. The molecule has 2 aliphatic rings. The van der Waals surface area contributed by atoms with E-state index in [0.29, 0.717) is 17.9 Å². The quantitative estimate of drug-likeness (QED) is 0.850. The van der Waals surface area contributed by atoms with E-state index in [1.165, 1.54) is 6.07 Å². The molecule has 0 saturated heterocycles. The van der Waals surface area contributed by atoms with Gasteiger partial charge in [0.1, 0.15) is 6.07 Å². The first-order valence-corrected chi connectivity index (χ1v) is 8.93. The molecule has 0 amide bonds. The second-order valence-corrected chi connectivity index (χ2v) is 6.77. The lowest BCUT2D eigenvalue weighted by atomic mass is 9.57. The summed E-state index contributed by atoms with van der Waals surface area (Å²) in [7, 11) is 0. The Labute approximate surface area is 158 Å². The molecule has 0 spiro atoms. The lowest BCUT2D eigenvalue weighted by Gasteiger charge is -2.43. The molecule has 136 valence electrons. The van der Waals surface area contributed by atoms with E-state index in [4.69, 9.17) is 10.5 Å². The highest BCUT2D eigenvalue weighted by molar-refractivity contribution is 5.60. The van der Waals surface area contributed by atoms with Gasteiger partial charge in [0.25, 0.3) is 0 Å². The van der Waals surface area contributed by atoms with Crippen LogP contribution in [0.4, 0.5) is 0 Å². The second-order valence-electron chi connectivity index (χ2n) is 6.77. The molecule has 0 fully saturated rings. The van der Waals surface area contributed by atoms with Crippen LogP contribution >= 0.6 is 0 Å². The third kappa shape index (κ3) is 2.69. The fraction of sp³-hybridized carbons (Fsp3) is 0.381. The zero-order valence-electron chi connectivity index (χ0n) is 15.1. The predicted octanol–water partition coefficient (Wildman–Crippen LogP) is 3.38. The van der Waals surface area contributed by atoms with Crippen molar-refractivity contribution in [3.05, 3.63) is 46.7 Å². The average Bonchev–Trinajstić information content (AvgIpc) is 2.69. The normalized spacial score (nSPS) is 23.3. The van der Waals surface area contributed by atoms with Crippen molar-refractivity contribution < 1.29 is 9.84 Å². The molecule has 6 nitrogen and oxygen atoms in total. The number of benzene rings is 1. The molecule has 0 bridgehead atoms. The van der Waals surface area contributed by atoms with Crippen molar-refractivity contribution in [3.63, 3.8) is 0 Å². The number of fused-ring (bicyclic) bond motifs is 1. The van der Waals surface area contributed by atoms with Crippen LogP contribution in [0.15, 0.2) is 41.1 Å². The first-order valence-electron chi connectivity index (χ1n) is 8.93. The molecule has 0 aromatic heterocycles. The van der Waals surface area contributed by atoms with Crippen LogP contribution in [0.2, 0.25) is 0 Å². The van der Waals surface area contributed by atoms with E-state index in [-0.39, 0.29) is 22.9 Å². The van der Waals surface area contributed by atoms with E-state index >= 15 is 0 Å². The number of nitrogens with zero attached hydrogens (tertiary/aromatic N) is 3. The summed E-state index contributed by atoms with van der Waals surface area (Å²) in [6, 6.07) is 11.2. The van der Waals surface area contributed by atoms with E-state index in [2.05, 4.69) is 18.2 Å². The van der Waals surface area contributed by atoms with Gasteiger partial charge in [-0.2, -0.15) is 15.8 Å². The molecule has 3 N–H and O–H groups in total. The molecule has 0 aliphatic heterocycles. The standard InChI is InChI=1S/C21H20N4O2/c1-2-27-18-9-13(7-8-17(18)26)19-15-6-4-3-5-14(15)16(10-22)20(25)21(19,11-23)12-24/h5,7-9,15,19,26H,2-4,6,25H2,1H3. The van der Waals surface area contributed by atoms with Crippen molar-refractivity contribution in [1.82, 2.24) is 0 Å². The number of nitriles is 3. The smallest absolute Gasteiger partial charge is 0.191 e. The molecule has 27 heavy (non-hydrogen) atoms. The van der Waals surface area contributed by atoms with E-state index in [9.17, 15) is 20.9 Å². The van der Waals surface area contributed by atoms with Crippen LogP contribution in [0, 0.1) is 45.3 Å². The maximum atomic E-state index is 10.0. The summed E-state index contributed by atoms with van der Waals surface area (Å²) in [4.78, 5) is 0. The second kappa shape index (κ2) is 7.06. The van der Waals surface area contributed by atoms with Crippen molar-refractivity contribution in [2.24, 2.45) is 17.1 Å². The summed E-state index contributed by atoms with van der Waals surface area (Å²) < 4.78 is 5.48. The number of phenols is 1. The SMILES string of the molecule is CCOc1cc(C2C3CCCC=C3C(C#N)=C(N)C2(C#N)C#N)ccc1O. The number of hydrogen-bond acceptors (Lipinski definition) is 6. The Morgan fingerprint density at radius 3 is 2.67 bits per heavy atom. The molecule has 0 saturated carbocycles. The Morgan fingerprint density at radius 2 is 2.04 bits per heavy atom. The van der Waals surface area contributed by atoms with Crippen LogP contribution in [0.5, 0.6) is 11.5 Å². The van der Waals surface area contributed by atoms with Gasteiger partial charge in [-0.25, -0.2) is 0 Å². The minimum absolute atomic E-state index is 0.00318. The summed E-state index contributed by atoms with van der Waals surface area (Å²) >= 11 is 0. The van der Waals surface area contributed by atoms with Gasteiger partial charge in [-0.05, 0) is 55.4 Å². The van der Waals surface area contributed by atoms with Crippen LogP contribution < -0.4 is 10.5 Å². The number of allylic oxidation sites excluding steroid dienone is 4. The minimum atomic E-state index is -1.65. The summed E-state index contributed by atoms with van der Waals surface area (Å²) in [5.41, 5.74) is 6.37. The number of aromatic hydroxyl groups is 1. The first-order chi connectivity index (χ1) is 13.0. The van der Waals surface area contributed by atoms with Crippen molar-refractivity contribution in [2.45, 2.75) is 32.1 Å². The summed E-state index contributed by atoms with van der Waals surface area (Å²) in [5.74, 6) is -0.415. The molecule has 1 aromatic carbocycles. The lowest BCUT2D eigenvalue weighted by molar-refractivity contribution is 0.305. The van der Waals surface area contributed by atoms with Gasteiger partial charge in [0.05, 0.1) is 30.0 Å². The molecule has 6 heteroatoms. The number of nitrogens with two attached hydrogens (primary N) is 1. The highest BCUT2D eigenvalue weighted by Gasteiger charge is 2.53. The van der Waals surface area contributed by atoms with Crippen LogP contribution in [0.3, 0.4) is 0 Å². The Kier molecular flexibility index (Phi) is 4.80. The molecule has 1 aromatic rings. The number of rotatable bonds is 3. The molecule has 0 heterocycles.